The van der Waals surface area contributed by atoms with Gasteiger partial charge in [-0.15, -0.1) is 0 Å². The quantitative estimate of drug-likeness (QED) is 0.895. The van der Waals surface area contributed by atoms with Gasteiger partial charge >= 0.3 is 0 Å². The maximum Gasteiger partial charge on any atom is 0.137 e. The molecule has 3 nitrogen and oxygen atoms in total. The number of aromatic amines is 1. The molecular weight excluding hydrogens is 302 g/mol. The van der Waals surface area contributed by atoms with Crippen LogP contribution in [-0.2, 0) is 6.54 Å². The number of nitrogens with zero attached hydrogens (tertiary/aromatic N) is 1. The third kappa shape index (κ3) is 3.91. The summed E-state index contributed by atoms with van der Waals surface area (Å²) < 4.78 is 1.09. The van der Waals surface area contributed by atoms with Crippen LogP contribution in [0.5, 0.6) is 0 Å². The van der Waals surface area contributed by atoms with Gasteiger partial charge in [-0.1, -0.05) is 15.9 Å². The molecule has 0 aliphatic heterocycles. The lowest BCUT2D eigenvalue weighted by Crippen LogP contribution is -2.35. The molecule has 102 valence electrons. The SMILES string of the molecule is Cc1cc(Br)ccc1-c1ncc(CNC(C)(C)C)[nH]1. The minimum Gasteiger partial charge on any atom is -0.341 e. The van der Waals surface area contributed by atoms with Crippen molar-refractivity contribution >= 4 is 15.9 Å². The molecule has 0 fully saturated rings. The Labute approximate surface area is 123 Å². The van der Waals surface area contributed by atoms with E-state index in [4.69, 9.17) is 0 Å². The van der Waals surface area contributed by atoms with Crippen LogP contribution in [0.3, 0.4) is 0 Å². The fourth-order valence-corrected chi connectivity index (χ4v) is 2.31. The zero-order valence-corrected chi connectivity index (χ0v) is 13.4. The number of rotatable bonds is 3. The summed E-state index contributed by atoms with van der Waals surface area (Å²) in [6.45, 7) is 9.36. The fourth-order valence-electron chi connectivity index (χ4n) is 1.84. The maximum atomic E-state index is 4.47. The molecule has 0 aliphatic carbocycles. The van der Waals surface area contributed by atoms with Crippen molar-refractivity contribution in [3.8, 4) is 11.4 Å². The number of H-pyrrole nitrogens is 1. The van der Waals surface area contributed by atoms with Gasteiger partial charge in [0, 0.05) is 34.0 Å². The fraction of sp³-hybridized carbons (Fsp3) is 0.400. The number of aromatic nitrogens is 2. The Hall–Kier alpha value is -1.13. The number of imidazole rings is 1. The Kier molecular flexibility index (Phi) is 4.11. The second kappa shape index (κ2) is 5.47. The number of halogens is 1. The summed E-state index contributed by atoms with van der Waals surface area (Å²) in [5.74, 6) is 0.927. The lowest BCUT2D eigenvalue weighted by molar-refractivity contribution is 0.422. The molecule has 0 saturated heterocycles. The molecule has 0 unspecified atom stereocenters. The van der Waals surface area contributed by atoms with Crippen molar-refractivity contribution in [2.45, 2.75) is 39.8 Å². The van der Waals surface area contributed by atoms with Crippen LogP contribution in [0, 0.1) is 6.92 Å². The summed E-state index contributed by atoms with van der Waals surface area (Å²) in [6, 6.07) is 6.22. The number of aryl methyl sites for hydroxylation is 1. The summed E-state index contributed by atoms with van der Waals surface area (Å²) in [5, 5.41) is 3.45. The molecule has 2 rings (SSSR count). The van der Waals surface area contributed by atoms with E-state index in [1.165, 1.54) is 5.56 Å². The van der Waals surface area contributed by atoms with Crippen molar-refractivity contribution in [3.63, 3.8) is 0 Å². The van der Waals surface area contributed by atoms with E-state index in [9.17, 15) is 0 Å². The maximum absolute atomic E-state index is 4.47. The van der Waals surface area contributed by atoms with Crippen molar-refractivity contribution in [3.05, 3.63) is 40.1 Å². The van der Waals surface area contributed by atoms with Gasteiger partial charge in [0.05, 0.1) is 0 Å². The first-order chi connectivity index (χ1) is 8.85. The summed E-state index contributed by atoms with van der Waals surface area (Å²) in [7, 11) is 0. The molecule has 0 atom stereocenters. The molecular formula is C15H20BrN3. The van der Waals surface area contributed by atoms with E-state index in [0.717, 1.165) is 28.1 Å². The molecule has 0 amide bonds. The van der Waals surface area contributed by atoms with Gasteiger partial charge in [0.25, 0.3) is 0 Å². The number of benzene rings is 1. The third-order valence-electron chi connectivity index (χ3n) is 2.88. The summed E-state index contributed by atoms with van der Waals surface area (Å²) in [5.41, 5.74) is 3.57. The Morgan fingerprint density at radius 2 is 2.05 bits per heavy atom. The van der Waals surface area contributed by atoms with E-state index in [0.29, 0.717) is 0 Å². The highest BCUT2D eigenvalue weighted by Gasteiger charge is 2.11. The zero-order chi connectivity index (χ0) is 14.0. The van der Waals surface area contributed by atoms with Crippen molar-refractivity contribution in [1.82, 2.24) is 15.3 Å². The van der Waals surface area contributed by atoms with Crippen LogP contribution in [0.2, 0.25) is 0 Å². The molecule has 1 aromatic heterocycles. The summed E-state index contributed by atoms with van der Waals surface area (Å²) in [6.07, 6.45) is 1.90. The highest BCUT2D eigenvalue weighted by atomic mass is 79.9. The van der Waals surface area contributed by atoms with Crippen molar-refractivity contribution in [2.24, 2.45) is 0 Å². The van der Waals surface area contributed by atoms with Gasteiger partial charge in [0.1, 0.15) is 5.82 Å². The average Bonchev–Trinajstić information content (AvgIpc) is 2.74. The number of hydrogen-bond donors (Lipinski definition) is 2. The van der Waals surface area contributed by atoms with Crippen LogP contribution in [0.4, 0.5) is 0 Å². The molecule has 4 heteroatoms. The van der Waals surface area contributed by atoms with Crippen molar-refractivity contribution in [1.29, 1.82) is 0 Å². The largest absolute Gasteiger partial charge is 0.341 e. The molecule has 0 spiro atoms. The number of hydrogen-bond acceptors (Lipinski definition) is 2. The van der Waals surface area contributed by atoms with E-state index >= 15 is 0 Å². The van der Waals surface area contributed by atoms with Crippen LogP contribution in [0.25, 0.3) is 11.4 Å². The van der Waals surface area contributed by atoms with Crippen LogP contribution in [0.15, 0.2) is 28.9 Å². The molecule has 0 aliphatic rings. The van der Waals surface area contributed by atoms with Crippen LogP contribution < -0.4 is 5.32 Å². The third-order valence-corrected chi connectivity index (χ3v) is 3.37. The van der Waals surface area contributed by atoms with Crippen molar-refractivity contribution < 1.29 is 0 Å². The topological polar surface area (TPSA) is 40.7 Å². The van der Waals surface area contributed by atoms with Gasteiger partial charge in [-0.25, -0.2) is 4.98 Å². The highest BCUT2D eigenvalue weighted by Crippen LogP contribution is 2.23. The smallest absolute Gasteiger partial charge is 0.137 e. The van der Waals surface area contributed by atoms with Gasteiger partial charge in [-0.2, -0.15) is 0 Å². The Morgan fingerprint density at radius 1 is 1.32 bits per heavy atom. The van der Waals surface area contributed by atoms with E-state index in [-0.39, 0.29) is 5.54 Å². The van der Waals surface area contributed by atoms with Gasteiger partial charge in [-0.3, -0.25) is 0 Å². The molecule has 2 aromatic rings. The predicted octanol–water partition coefficient (Wildman–Crippen LogP) is 4.04. The van der Waals surface area contributed by atoms with E-state index in [1.807, 2.05) is 12.3 Å². The second-order valence-electron chi connectivity index (χ2n) is 5.82. The Balaban J connectivity index is 2.16. The highest BCUT2D eigenvalue weighted by molar-refractivity contribution is 9.10. The molecule has 0 bridgehead atoms. The molecule has 0 radical (unpaired) electrons. The Morgan fingerprint density at radius 3 is 2.68 bits per heavy atom. The molecule has 19 heavy (non-hydrogen) atoms. The molecule has 2 N–H and O–H groups in total. The number of nitrogens with one attached hydrogen (secondary N) is 2. The van der Waals surface area contributed by atoms with E-state index in [1.54, 1.807) is 0 Å². The van der Waals surface area contributed by atoms with Crippen LogP contribution in [0.1, 0.15) is 32.0 Å². The van der Waals surface area contributed by atoms with E-state index < -0.39 is 0 Å². The second-order valence-corrected chi connectivity index (χ2v) is 6.74. The minimum atomic E-state index is 0.110. The molecule has 1 aromatic carbocycles. The first kappa shape index (κ1) is 14.3. The van der Waals surface area contributed by atoms with Gasteiger partial charge in [0.15, 0.2) is 0 Å². The van der Waals surface area contributed by atoms with Gasteiger partial charge in [-0.05, 0) is 51.5 Å². The molecule has 1 heterocycles. The predicted molar refractivity (Wildman–Crippen MR) is 83.1 cm³/mol. The van der Waals surface area contributed by atoms with Gasteiger partial charge in [0.2, 0.25) is 0 Å². The van der Waals surface area contributed by atoms with Crippen LogP contribution in [-0.4, -0.2) is 15.5 Å². The lowest BCUT2D eigenvalue weighted by atomic mass is 10.1. The van der Waals surface area contributed by atoms with Gasteiger partial charge < -0.3 is 10.3 Å². The summed E-state index contributed by atoms with van der Waals surface area (Å²) in [4.78, 5) is 7.84. The van der Waals surface area contributed by atoms with Crippen LogP contribution >= 0.6 is 15.9 Å². The monoisotopic (exact) mass is 321 g/mol. The minimum absolute atomic E-state index is 0.110. The lowest BCUT2D eigenvalue weighted by Gasteiger charge is -2.19. The Bertz CT molecular complexity index is 567. The average molecular weight is 322 g/mol. The zero-order valence-electron chi connectivity index (χ0n) is 11.8. The molecule has 0 saturated carbocycles. The van der Waals surface area contributed by atoms with E-state index in [2.05, 4.69) is 71.0 Å². The normalized spacial score (nSPS) is 11.8. The first-order valence-corrected chi connectivity index (χ1v) is 7.20. The first-order valence-electron chi connectivity index (χ1n) is 6.40. The standard InChI is InChI=1S/C15H20BrN3/c1-10-7-11(16)5-6-13(10)14-17-8-12(19-14)9-18-15(2,3)4/h5-8,18H,9H2,1-4H3,(H,17,19). The summed E-state index contributed by atoms with van der Waals surface area (Å²) >= 11 is 3.48. The van der Waals surface area contributed by atoms with Crippen molar-refractivity contribution in [2.75, 3.05) is 0 Å².